The van der Waals surface area contributed by atoms with Gasteiger partial charge in [0.05, 0.1) is 30.8 Å². The van der Waals surface area contributed by atoms with Crippen LogP contribution in [0.4, 0.5) is 13.2 Å². The van der Waals surface area contributed by atoms with Crippen molar-refractivity contribution in [1.82, 2.24) is 14.0 Å². The first-order valence-corrected chi connectivity index (χ1v) is 13.0. The van der Waals surface area contributed by atoms with Crippen molar-refractivity contribution in [1.29, 1.82) is 0 Å². The summed E-state index contributed by atoms with van der Waals surface area (Å²) in [6.45, 7) is -1.73. The highest BCUT2D eigenvalue weighted by atomic mass is 32.3. The molecule has 0 aliphatic carbocycles. The number of hydrogen-bond acceptors (Lipinski definition) is 7. The van der Waals surface area contributed by atoms with Crippen LogP contribution >= 0.6 is 0 Å². The number of rotatable bonds is 10. The van der Waals surface area contributed by atoms with Crippen LogP contribution in [0.25, 0.3) is 11.1 Å². The van der Waals surface area contributed by atoms with Crippen molar-refractivity contribution in [2.75, 3.05) is 19.2 Å². The minimum atomic E-state index is -4.03. The molecule has 1 aromatic carbocycles. The first-order valence-electron chi connectivity index (χ1n) is 9.29. The second kappa shape index (κ2) is 10.6. The number of aliphatic hydroxyl groups is 1. The van der Waals surface area contributed by atoms with Crippen LogP contribution in [0.5, 0.6) is 0 Å². The molecule has 2 N–H and O–H groups in total. The largest absolute Gasteiger partial charge is 0.386 e. The van der Waals surface area contributed by atoms with Crippen molar-refractivity contribution in [2.24, 2.45) is 0 Å². The molecule has 2 rings (SSSR count). The summed E-state index contributed by atoms with van der Waals surface area (Å²) < 4.78 is 85.1. The minimum absolute atomic E-state index is 0.178. The Morgan fingerprint density at radius 2 is 1.58 bits per heavy atom. The van der Waals surface area contributed by atoms with Crippen LogP contribution in [-0.4, -0.2) is 68.2 Å². The third-order valence-corrected chi connectivity index (χ3v) is 7.88. The third kappa shape index (κ3) is 7.22. The van der Waals surface area contributed by atoms with Crippen LogP contribution < -0.4 is 5.32 Å². The average Bonchev–Trinajstić information content (AvgIpc) is 2.74. The summed E-state index contributed by atoms with van der Waals surface area (Å²) in [6, 6.07) is 7.38. The monoisotopic (exact) mass is 509 g/mol. The quantitative estimate of drug-likeness (QED) is 0.492. The second-order valence-corrected chi connectivity index (χ2v) is 11.2. The Morgan fingerprint density at radius 3 is 2.00 bits per heavy atom. The molecule has 0 radical (unpaired) electrons. The highest BCUT2D eigenvalue weighted by Gasteiger charge is 2.28. The summed E-state index contributed by atoms with van der Waals surface area (Å²) in [5, 5.41) is 11.9. The lowest BCUT2D eigenvalue weighted by Gasteiger charge is -2.22. The standard InChI is InChI=1S/C19H22F3N3O6S2/c1-32(28,29)25(33(2,30)31)11-15-8-7-14(10-23-15)12-3-5-13(6-4-12)17(26)16(9-20)24-19(27)18(21)22/h3-8,10,16-18,26H,9,11H2,1-2H3,(H,24,27)/t16-,17-/m1/s1. The highest BCUT2D eigenvalue weighted by molar-refractivity contribution is 8.03. The van der Waals surface area contributed by atoms with E-state index >= 15 is 0 Å². The zero-order valence-corrected chi connectivity index (χ0v) is 19.2. The van der Waals surface area contributed by atoms with Crippen molar-refractivity contribution in [2.45, 2.75) is 25.1 Å². The zero-order chi connectivity index (χ0) is 25.0. The number of carbonyl (C=O) groups excluding carboxylic acids is 1. The maximum atomic E-state index is 13.1. The SMILES string of the molecule is CS(=O)(=O)N(Cc1ccc(-c2ccc([C@@H](O)[C@@H](CF)NC(=O)C(F)F)cc2)cn1)S(C)(=O)=O. The van der Waals surface area contributed by atoms with Gasteiger partial charge in [0, 0.05) is 11.8 Å². The lowest BCUT2D eigenvalue weighted by molar-refractivity contribution is -0.133. The molecule has 9 nitrogen and oxygen atoms in total. The Balaban J connectivity index is 2.17. The molecule has 1 aromatic heterocycles. The van der Waals surface area contributed by atoms with E-state index in [-0.39, 0.29) is 11.3 Å². The van der Waals surface area contributed by atoms with Crippen LogP contribution in [0, 0.1) is 0 Å². The fourth-order valence-electron chi connectivity index (χ4n) is 2.85. The first kappa shape index (κ1) is 26.7. The Kier molecular flexibility index (Phi) is 8.57. The molecule has 2 aromatic rings. The third-order valence-electron chi connectivity index (χ3n) is 4.51. The first-order chi connectivity index (χ1) is 15.2. The molecule has 1 heterocycles. The molecule has 33 heavy (non-hydrogen) atoms. The summed E-state index contributed by atoms with van der Waals surface area (Å²) >= 11 is 0. The van der Waals surface area contributed by atoms with Crippen molar-refractivity contribution >= 4 is 26.0 Å². The van der Waals surface area contributed by atoms with Crippen LogP contribution in [0.15, 0.2) is 42.6 Å². The van der Waals surface area contributed by atoms with Gasteiger partial charge in [0.25, 0.3) is 5.91 Å². The lowest BCUT2D eigenvalue weighted by Crippen LogP contribution is -2.43. The predicted octanol–water partition coefficient (Wildman–Crippen LogP) is 1.22. The van der Waals surface area contributed by atoms with E-state index in [1.54, 1.807) is 23.5 Å². The molecule has 0 unspecified atom stereocenters. The number of amides is 1. The van der Waals surface area contributed by atoms with Gasteiger partial charge < -0.3 is 10.4 Å². The molecule has 0 saturated heterocycles. The number of pyridine rings is 1. The Labute approximate surface area is 189 Å². The maximum Gasteiger partial charge on any atom is 0.315 e. The molecule has 14 heteroatoms. The van der Waals surface area contributed by atoms with E-state index in [4.69, 9.17) is 0 Å². The summed E-state index contributed by atoms with van der Waals surface area (Å²) in [4.78, 5) is 15.2. The van der Waals surface area contributed by atoms with Crippen molar-refractivity contribution in [3.05, 3.63) is 53.9 Å². The fourth-order valence-corrected chi connectivity index (χ4v) is 5.56. The molecule has 0 saturated carbocycles. The van der Waals surface area contributed by atoms with Gasteiger partial charge in [-0.2, -0.15) is 8.78 Å². The lowest BCUT2D eigenvalue weighted by atomic mass is 9.99. The van der Waals surface area contributed by atoms with Crippen LogP contribution in [0.2, 0.25) is 0 Å². The number of aromatic nitrogens is 1. The topological polar surface area (TPSA) is 134 Å². The number of benzene rings is 1. The molecule has 0 aliphatic heterocycles. The van der Waals surface area contributed by atoms with Crippen LogP contribution in [-0.2, 0) is 31.4 Å². The molecule has 1 amide bonds. The van der Waals surface area contributed by atoms with E-state index in [9.17, 15) is 39.9 Å². The second-order valence-electron chi connectivity index (χ2n) is 7.13. The number of sulfonamides is 2. The zero-order valence-electron chi connectivity index (χ0n) is 17.5. The molecule has 0 bridgehead atoms. The number of halogens is 3. The molecular formula is C19H22F3N3O6S2. The summed E-state index contributed by atoms with van der Waals surface area (Å²) in [7, 11) is -8.06. The van der Waals surface area contributed by atoms with Crippen molar-refractivity contribution in [3.8, 4) is 11.1 Å². The summed E-state index contributed by atoms with van der Waals surface area (Å²) in [6.07, 6.45) is -1.98. The van der Waals surface area contributed by atoms with Gasteiger partial charge in [0.1, 0.15) is 12.8 Å². The van der Waals surface area contributed by atoms with Crippen LogP contribution in [0.3, 0.4) is 0 Å². The molecule has 0 spiro atoms. The van der Waals surface area contributed by atoms with Crippen molar-refractivity contribution < 1.29 is 39.9 Å². The van der Waals surface area contributed by atoms with Gasteiger partial charge in [-0.05, 0) is 17.2 Å². The normalized spacial score (nSPS) is 14.3. The Hall–Kier alpha value is -2.55. The van der Waals surface area contributed by atoms with Gasteiger partial charge in [-0.3, -0.25) is 9.78 Å². The number of carbonyl (C=O) groups is 1. The predicted molar refractivity (Wildman–Crippen MR) is 114 cm³/mol. The number of aliphatic hydroxyl groups excluding tert-OH is 1. The molecule has 0 aliphatic rings. The molecule has 2 atom stereocenters. The molecule has 182 valence electrons. The Morgan fingerprint density at radius 1 is 1.03 bits per heavy atom. The Bertz CT molecular complexity index is 1140. The van der Waals surface area contributed by atoms with Crippen molar-refractivity contribution in [3.63, 3.8) is 0 Å². The van der Waals surface area contributed by atoms with E-state index in [1.807, 2.05) is 0 Å². The van der Waals surface area contributed by atoms with E-state index in [0.717, 1.165) is 12.5 Å². The van der Waals surface area contributed by atoms with E-state index in [2.05, 4.69) is 4.98 Å². The smallest absolute Gasteiger partial charge is 0.315 e. The van der Waals surface area contributed by atoms with Gasteiger partial charge >= 0.3 is 6.43 Å². The number of hydrogen-bond donors (Lipinski definition) is 2. The van der Waals surface area contributed by atoms with Crippen LogP contribution in [0.1, 0.15) is 17.4 Å². The van der Waals surface area contributed by atoms with Gasteiger partial charge in [-0.25, -0.2) is 21.2 Å². The molecule has 0 fully saturated rings. The summed E-state index contributed by atoms with van der Waals surface area (Å²) in [5.74, 6) is -1.69. The van der Waals surface area contributed by atoms with E-state index < -0.39 is 57.7 Å². The number of alkyl halides is 3. The maximum absolute atomic E-state index is 13.1. The summed E-state index contributed by atoms with van der Waals surface area (Å²) in [5.41, 5.74) is 1.53. The highest BCUT2D eigenvalue weighted by Crippen LogP contribution is 2.24. The molecular weight excluding hydrogens is 487 g/mol. The fraction of sp³-hybridized carbons (Fsp3) is 0.368. The van der Waals surface area contributed by atoms with Gasteiger partial charge in [-0.1, -0.05) is 34.0 Å². The van der Waals surface area contributed by atoms with E-state index in [0.29, 0.717) is 14.8 Å². The van der Waals surface area contributed by atoms with E-state index in [1.165, 1.54) is 24.4 Å². The van der Waals surface area contributed by atoms with Gasteiger partial charge in [0.15, 0.2) is 0 Å². The average molecular weight is 510 g/mol. The number of nitrogens with one attached hydrogen (secondary N) is 1. The van der Waals surface area contributed by atoms with Gasteiger partial charge in [0.2, 0.25) is 20.0 Å². The van der Waals surface area contributed by atoms with Gasteiger partial charge in [-0.15, -0.1) is 0 Å². The minimum Gasteiger partial charge on any atom is -0.386 e. The number of nitrogens with zero attached hydrogens (tertiary/aromatic N) is 2.